The molecule has 2 N–H and O–H groups in total. The Balaban J connectivity index is 1.54. The third-order valence-corrected chi connectivity index (χ3v) is 4.77. The molecule has 1 amide bonds. The minimum atomic E-state index is -0.245. The zero-order valence-electron chi connectivity index (χ0n) is 15.6. The largest absolute Gasteiger partial charge is 0.340 e. The molecule has 1 aromatic heterocycles. The molecule has 0 radical (unpaired) electrons. The Labute approximate surface area is 183 Å². The zero-order valence-corrected chi connectivity index (χ0v) is 17.2. The lowest BCUT2D eigenvalue weighted by molar-refractivity contribution is -0.111. The second-order valence-electron chi connectivity index (χ2n) is 6.46. The first kappa shape index (κ1) is 19.9. The van der Waals surface area contributed by atoms with Gasteiger partial charge in [0.2, 0.25) is 5.91 Å². The van der Waals surface area contributed by atoms with Gasteiger partial charge < -0.3 is 10.6 Å². The van der Waals surface area contributed by atoms with Crippen LogP contribution in [0.15, 0.2) is 79.1 Å². The van der Waals surface area contributed by atoms with Gasteiger partial charge in [-0.1, -0.05) is 41.4 Å². The molecule has 4 aromatic rings. The first-order valence-corrected chi connectivity index (χ1v) is 9.84. The number of carbonyl (C=O) groups is 1. The molecule has 0 spiro atoms. The maximum absolute atomic E-state index is 12.3. The average Bonchev–Trinajstić information content (AvgIpc) is 2.74. The van der Waals surface area contributed by atoms with Crippen LogP contribution in [0.5, 0.6) is 0 Å². The van der Waals surface area contributed by atoms with Crippen LogP contribution in [0.3, 0.4) is 0 Å². The number of hydrogen-bond donors (Lipinski definition) is 2. The molecule has 5 nitrogen and oxygen atoms in total. The number of amides is 1. The van der Waals surface area contributed by atoms with Gasteiger partial charge in [0, 0.05) is 32.9 Å². The van der Waals surface area contributed by atoms with E-state index in [9.17, 15) is 4.79 Å². The first-order chi connectivity index (χ1) is 14.6. The van der Waals surface area contributed by atoms with Crippen LogP contribution in [0.25, 0.3) is 17.0 Å². The van der Waals surface area contributed by atoms with Crippen molar-refractivity contribution in [1.82, 2.24) is 9.97 Å². The summed E-state index contributed by atoms with van der Waals surface area (Å²) in [5, 5.41) is 8.16. The highest BCUT2D eigenvalue weighted by Gasteiger charge is 2.07. The van der Waals surface area contributed by atoms with Crippen molar-refractivity contribution in [3.05, 3.63) is 94.7 Å². The normalized spacial score (nSPS) is 11.0. The third-order valence-electron chi connectivity index (χ3n) is 4.29. The zero-order chi connectivity index (χ0) is 20.9. The topological polar surface area (TPSA) is 66.9 Å². The van der Waals surface area contributed by atoms with Crippen LogP contribution in [0, 0.1) is 0 Å². The number of nitrogens with one attached hydrogen (secondary N) is 2. The van der Waals surface area contributed by atoms with Crippen LogP contribution < -0.4 is 10.6 Å². The number of fused-ring (bicyclic) bond motifs is 1. The van der Waals surface area contributed by atoms with Crippen molar-refractivity contribution in [2.75, 3.05) is 10.6 Å². The van der Waals surface area contributed by atoms with E-state index in [1.54, 1.807) is 30.3 Å². The molecular weight excluding hydrogens is 419 g/mol. The fraction of sp³-hybridized carbons (Fsp3) is 0. The van der Waals surface area contributed by atoms with Crippen LogP contribution in [0.4, 0.5) is 17.2 Å². The van der Waals surface area contributed by atoms with Crippen LogP contribution in [-0.2, 0) is 4.79 Å². The van der Waals surface area contributed by atoms with Crippen LogP contribution >= 0.6 is 23.2 Å². The van der Waals surface area contributed by atoms with Crippen molar-refractivity contribution >= 4 is 63.3 Å². The van der Waals surface area contributed by atoms with Gasteiger partial charge in [-0.2, -0.15) is 0 Å². The monoisotopic (exact) mass is 434 g/mol. The van der Waals surface area contributed by atoms with Gasteiger partial charge in [-0.05, 0) is 60.2 Å². The number of hydrogen-bond acceptors (Lipinski definition) is 4. The smallest absolute Gasteiger partial charge is 0.248 e. The molecule has 0 aliphatic carbocycles. The van der Waals surface area contributed by atoms with E-state index in [2.05, 4.69) is 20.6 Å². The van der Waals surface area contributed by atoms with Gasteiger partial charge in [0.25, 0.3) is 0 Å². The summed E-state index contributed by atoms with van der Waals surface area (Å²) in [5.74, 6) is 0.376. The minimum Gasteiger partial charge on any atom is -0.340 e. The standard InChI is InChI=1S/C23H16Cl2N4O/c24-16-7-4-15(5-8-16)6-11-22(30)28-19-9-10-21-20(13-19)23(27-14-26-21)29-18-3-1-2-17(25)12-18/h1-14H,(H,28,30)(H,26,27,29)/b11-6+. The van der Waals surface area contributed by atoms with Gasteiger partial charge in [-0.15, -0.1) is 0 Å². The SMILES string of the molecule is O=C(/C=C/c1ccc(Cl)cc1)Nc1ccc2ncnc(Nc3cccc(Cl)c3)c2c1. The number of nitrogens with zero attached hydrogens (tertiary/aromatic N) is 2. The summed E-state index contributed by atoms with van der Waals surface area (Å²) in [4.78, 5) is 20.9. The molecule has 0 fully saturated rings. The van der Waals surface area contributed by atoms with E-state index in [1.165, 1.54) is 12.4 Å². The molecule has 0 aliphatic heterocycles. The quantitative estimate of drug-likeness (QED) is 0.360. The van der Waals surface area contributed by atoms with E-state index >= 15 is 0 Å². The minimum absolute atomic E-state index is 0.245. The van der Waals surface area contributed by atoms with E-state index in [-0.39, 0.29) is 5.91 Å². The summed E-state index contributed by atoms with van der Waals surface area (Å²) in [7, 11) is 0. The Bertz CT molecular complexity index is 1240. The molecule has 7 heteroatoms. The summed E-state index contributed by atoms with van der Waals surface area (Å²) in [6.07, 6.45) is 4.68. The van der Waals surface area contributed by atoms with Crippen molar-refractivity contribution in [2.24, 2.45) is 0 Å². The summed E-state index contributed by atoms with van der Waals surface area (Å²) < 4.78 is 0. The Morgan fingerprint density at radius 3 is 2.50 bits per heavy atom. The molecule has 3 aromatic carbocycles. The molecule has 0 bridgehead atoms. The fourth-order valence-electron chi connectivity index (χ4n) is 2.87. The lowest BCUT2D eigenvalue weighted by Crippen LogP contribution is -2.07. The van der Waals surface area contributed by atoms with Crippen molar-refractivity contribution in [3.63, 3.8) is 0 Å². The second-order valence-corrected chi connectivity index (χ2v) is 7.34. The highest BCUT2D eigenvalue weighted by Crippen LogP contribution is 2.26. The number of carbonyl (C=O) groups excluding carboxylic acids is 1. The number of aromatic nitrogens is 2. The number of halogens is 2. The molecule has 0 unspecified atom stereocenters. The summed E-state index contributed by atoms with van der Waals surface area (Å²) in [6, 6.07) is 20.0. The lowest BCUT2D eigenvalue weighted by Gasteiger charge is -2.10. The van der Waals surface area contributed by atoms with Gasteiger partial charge in [-0.3, -0.25) is 4.79 Å². The van der Waals surface area contributed by atoms with Gasteiger partial charge in [0.05, 0.1) is 5.52 Å². The number of benzene rings is 3. The Morgan fingerprint density at radius 2 is 1.70 bits per heavy atom. The molecule has 148 valence electrons. The summed E-state index contributed by atoms with van der Waals surface area (Å²) >= 11 is 11.9. The van der Waals surface area contributed by atoms with Crippen LogP contribution in [-0.4, -0.2) is 15.9 Å². The van der Waals surface area contributed by atoms with E-state index in [4.69, 9.17) is 23.2 Å². The van der Waals surface area contributed by atoms with Crippen molar-refractivity contribution in [3.8, 4) is 0 Å². The van der Waals surface area contributed by atoms with E-state index in [0.29, 0.717) is 21.6 Å². The molecule has 30 heavy (non-hydrogen) atoms. The highest BCUT2D eigenvalue weighted by molar-refractivity contribution is 6.31. The predicted octanol–water partition coefficient (Wildman–Crippen LogP) is 6.33. The number of anilines is 3. The molecule has 4 rings (SSSR count). The Hall–Kier alpha value is -3.41. The second kappa shape index (κ2) is 8.95. The lowest BCUT2D eigenvalue weighted by atomic mass is 10.2. The molecule has 0 saturated heterocycles. The Kier molecular flexibility index (Phi) is 5.93. The third kappa shape index (κ3) is 4.95. The molecular formula is C23H16Cl2N4O. The predicted molar refractivity (Wildman–Crippen MR) is 123 cm³/mol. The van der Waals surface area contributed by atoms with E-state index in [0.717, 1.165) is 22.2 Å². The van der Waals surface area contributed by atoms with Crippen molar-refractivity contribution in [2.45, 2.75) is 0 Å². The average molecular weight is 435 g/mol. The number of rotatable bonds is 5. The molecule has 0 aliphatic rings. The Morgan fingerprint density at radius 1 is 0.867 bits per heavy atom. The van der Waals surface area contributed by atoms with E-state index in [1.807, 2.05) is 42.5 Å². The molecule has 1 heterocycles. The van der Waals surface area contributed by atoms with Crippen LogP contribution in [0.1, 0.15) is 5.56 Å². The molecule has 0 saturated carbocycles. The first-order valence-electron chi connectivity index (χ1n) is 9.09. The van der Waals surface area contributed by atoms with Gasteiger partial charge in [0.15, 0.2) is 0 Å². The van der Waals surface area contributed by atoms with Crippen molar-refractivity contribution in [1.29, 1.82) is 0 Å². The highest BCUT2D eigenvalue weighted by atomic mass is 35.5. The van der Waals surface area contributed by atoms with Gasteiger partial charge in [0.1, 0.15) is 12.1 Å². The molecule has 0 atom stereocenters. The van der Waals surface area contributed by atoms with Crippen molar-refractivity contribution < 1.29 is 4.79 Å². The van der Waals surface area contributed by atoms with E-state index < -0.39 is 0 Å². The van der Waals surface area contributed by atoms with Crippen LogP contribution in [0.2, 0.25) is 10.0 Å². The fourth-order valence-corrected chi connectivity index (χ4v) is 3.18. The van der Waals surface area contributed by atoms with Gasteiger partial charge in [-0.25, -0.2) is 9.97 Å². The summed E-state index contributed by atoms with van der Waals surface area (Å²) in [6.45, 7) is 0. The van der Waals surface area contributed by atoms with Gasteiger partial charge >= 0.3 is 0 Å². The summed E-state index contributed by atoms with van der Waals surface area (Å²) in [5.41, 5.74) is 3.08. The maximum atomic E-state index is 12.3. The maximum Gasteiger partial charge on any atom is 0.248 e.